The summed E-state index contributed by atoms with van der Waals surface area (Å²) in [6.45, 7) is 2.52. The molecule has 0 aliphatic carbocycles. The number of nitrogens with two attached hydrogens (primary N) is 1. The molecule has 5 N–H and O–H groups in total. The Kier molecular flexibility index (Phi) is 12.3. The van der Waals surface area contributed by atoms with Crippen molar-refractivity contribution in [1.29, 1.82) is 0 Å². The highest BCUT2D eigenvalue weighted by molar-refractivity contribution is 7.95. The zero-order valence-corrected chi connectivity index (χ0v) is 21.8. The highest BCUT2D eigenvalue weighted by Crippen LogP contribution is 2.25. The van der Waals surface area contributed by atoms with E-state index in [1.807, 2.05) is 5.38 Å². The van der Waals surface area contributed by atoms with Crippen molar-refractivity contribution in [2.24, 2.45) is 5.73 Å². The highest BCUT2D eigenvalue weighted by Gasteiger charge is 2.18. The molecule has 2 heterocycles. The summed E-state index contributed by atoms with van der Waals surface area (Å²) in [4.78, 5) is 32.9. The largest absolute Gasteiger partial charge is 1.00 e. The van der Waals surface area contributed by atoms with Crippen LogP contribution >= 0.6 is 22.7 Å². The third-order valence-electron chi connectivity index (χ3n) is 3.98. The predicted octanol–water partition coefficient (Wildman–Crippen LogP) is -2.36. The third-order valence-corrected chi connectivity index (χ3v) is 6.86. The smallest absolute Gasteiger partial charge is 0.270 e. The average molecular weight is 586 g/mol. The maximum atomic E-state index is 12.2. The van der Waals surface area contributed by atoms with Gasteiger partial charge in [-0.05, 0) is 17.8 Å². The van der Waals surface area contributed by atoms with Crippen molar-refractivity contribution in [3.8, 4) is 10.7 Å². The SMILES string of the molecule is C[C@@H](O)[C@H](N)C(=O)NCCc1nc(-c2nc(C(=O)NCCC[S+](C)C)cs2)cs1.[I-]. The second-order valence-electron chi connectivity index (χ2n) is 6.77. The van der Waals surface area contributed by atoms with E-state index in [0.29, 0.717) is 41.1 Å². The predicted molar refractivity (Wildman–Crippen MR) is 121 cm³/mol. The Hall–Kier alpha value is -0.800. The number of nitrogens with zero attached hydrogens (tertiary/aromatic N) is 2. The van der Waals surface area contributed by atoms with Gasteiger partial charge in [-0.25, -0.2) is 9.97 Å². The van der Waals surface area contributed by atoms with Gasteiger partial charge in [0.15, 0.2) is 0 Å². The van der Waals surface area contributed by atoms with Crippen LogP contribution in [0, 0.1) is 0 Å². The molecule has 0 spiro atoms. The summed E-state index contributed by atoms with van der Waals surface area (Å²) in [5.41, 5.74) is 6.72. The molecule has 0 radical (unpaired) electrons. The van der Waals surface area contributed by atoms with Gasteiger partial charge in [-0.3, -0.25) is 9.59 Å². The lowest BCUT2D eigenvalue weighted by Crippen LogP contribution is -3.00. The fourth-order valence-corrected chi connectivity index (χ4v) is 4.64. The molecular weight excluding hydrogens is 557 g/mol. The van der Waals surface area contributed by atoms with Crippen LogP contribution in [0.1, 0.15) is 28.8 Å². The monoisotopic (exact) mass is 585 g/mol. The molecule has 2 aromatic rings. The Balaban J connectivity index is 0.00000450. The number of carbonyl (C=O) groups excluding carboxylic acids is 2. The van der Waals surface area contributed by atoms with Crippen molar-refractivity contribution in [3.63, 3.8) is 0 Å². The van der Waals surface area contributed by atoms with Gasteiger partial charge in [0.05, 0.1) is 23.6 Å². The van der Waals surface area contributed by atoms with Crippen LogP contribution < -0.4 is 40.3 Å². The first-order valence-corrected chi connectivity index (χ1v) is 13.2. The van der Waals surface area contributed by atoms with Gasteiger partial charge in [-0.2, -0.15) is 0 Å². The van der Waals surface area contributed by atoms with Crippen molar-refractivity contribution in [3.05, 3.63) is 21.5 Å². The first-order valence-electron chi connectivity index (χ1n) is 9.22. The van der Waals surface area contributed by atoms with E-state index in [4.69, 9.17) is 5.73 Å². The van der Waals surface area contributed by atoms with Gasteiger partial charge in [0.25, 0.3) is 5.91 Å². The van der Waals surface area contributed by atoms with Crippen LogP contribution in [-0.4, -0.2) is 70.4 Å². The highest BCUT2D eigenvalue weighted by atomic mass is 127. The van der Waals surface area contributed by atoms with Crippen LogP contribution in [0.15, 0.2) is 10.8 Å². The first-order chi connectivity index (χ1) is 13.8. The van der Waals surface area contributed by atoms with E-state index in [9.17, 15) is 14.7 Å². The summed E-state index contributed by atoms with van der Waals surface area (Å²) in [5.74, 6) is 0.559. The molecule has 0 fully saturated rings. The summed E-state index contributed by atoms with van der Waals surface area (Å²) in [7, 11) is 0.384. The lowest BCUT2D eigenvalue weighted by Gasteiger charge is -2.13. The Morgan fingerprint density at radius 1 is 1.20 bits per heavy atom. The van der Waals surface area contributed by atoms with Gasteiger partial charge in [0.1, 0.15) is 28.2 Å². The summed E-state index contributed by atoms with van der Waals surface area (Å²) in [6.07, 6.45) is 5.00. The molecule has 0 aliphatic rings. The number of hydrogen-bond donors (Lipinski definition) is 4. The van der Waals surface area contributed by atoms with Crippen molar-refractivity contribution >= 4 is 45.4 Å². The lowest BCUT2D eigenvalue weighted by molar-refractivity contribution is -0.124. The van der Waals surface area contributed by atoms with Crippen molar-refractivity contribution in [1.82, 2.24) is 20.6 Å². The topological polar surface area (TPSA) is 130 Å². The minimum atomic E-state index is -0.937. The van der Waals surface area contributed by atoms with Crippen LogP contribution in [0.4, 0.5) is 0 Å². The average Bonchev–Trinajstić information content (AvgIpc) is 3.33. The molecule has 2 rings (SSSR count). The van der Waals surface area contributed by atoms with E-state index < -0.39 is 12.1 Å². The van der Waals surface area contributed by atoms with Gasteiger partial charge in [0, 0.05) is 36.7 Å². The minimum Gasteiger partial charge on any atom is -1.00 e. The molecule has 30 heavy (non-hydrogen) atoms. The number of aliphatic hydroxyl groups excluding tert-OH is 1. The normalized spacial score (nSPS) is 12.9. The molecule has 2 aromatic heterocycles. The fraction of sp³-hybridized carbons (Fsp3) is 0.556. The first kappa shape index (κ1) is 27.2. The van der Waals surface area contributed by atoms with E-state index in [-0.39, 0.29) is 35.8 Å². The molecule has 0 bridgehead atoms. The van der Waals surface area contributed by atoms with E-state index >= 15 is 0 Å². The molecule has 2 atom stereocenters. The number of thiazole rings is 2. The molecule has 2 amide bonds. The zero-order valence-electron chi connectivity index (χ0n) is 17.2. The molecule has 12 heteroatoms. The van der Waals surface area contributed by atoms with Crippen LogP contribution in [0.2, 0.25) is 0 Å². The van der Waals surface area contributed by atoms with Crippen molar-refractivity contribution < 1.29 is 38.7 Å². The van der Waals surface area contributed by atoms with Crippen LogP contribution in [0.5, 0.6) is 0 Å². The third kappa shape index (κ3) is 8.75. The van der Waals surface area contributed by atoms with E-state index in [2.05, 4.69) is 33.1 Å². The van der Waals surface area contributed by atoms with Crippen molar-refractivity contribution in [2.45, 2.75) is 31.9 Å². The van der Waals surface area contributed by atoms with Crippen LogP contribution in [0.3, 0.4) is 0 Å². The number of hydrogen-bond acceptors (Lipinski definition) is 8. The summed E-state index contributed by atoms with van der Waals surface area (Å²) < 4.78 is 0. The number of amides is 2. The summed E-state index contributed by atoms with van der Waals surface area (Å²) >= 11 is 2.86. The molecule has 0 aliphatic heterocycles. The Labute approximate surface area is 204 Å². The molecule has 0 aromatic carbocycles. The number of aliphatic hydroxyl groups is 1. The van der Waals surface area contributed by atoms with Crippen molar-refractivity contribution in [2.75, 3.05) is 31.4 Å². The maximum absolute atomic E-state index is 12.2. The molecule has 168 valence electrons. The van der Waals surface area contributed by atoms with Gasteiger partial charge in [-0.15, -0.1) is 22.7 Å². The van der Waals surface area contributed by atoms with Gasteiger partial charge in [-0.1, -0.05) is 0 Å². The van der Waals surface area contributed by atoms with E-state index in [1.165, 1.54) is 29.6 Å². The fourth-order valence-electron chi connectivity index (χ4n) is 2.30. The van der Waals surface area contributed by atoms with E-state index in [1.54, 1.807) is 5.38 Å². The second kappa shape index (κ2) is 13.6. The van der Waals surface area contributed by atoms with Gasteiger partial charge < -0.3 is 45.5 Å². The molecular formula is C18H28IN5O3S3. The molecule has 0 saturated carbocycles. The standard InChI is InChI=1S/C18H27N5O3S3.HI/c1-11(24)15(19)17(26)21-7-5-14-22-13(10-27-14)18-23-12(9-28-18)16(25)20-6-4-8-29(2)3;/h9-11,15,24H,4-8,19H2,1-3H3,(H-,20,21,25,26);1H/t11-,15+;/m1./s1. The molecule has 0 saturated heterocycles. The van der Waals surface area contributed by atoms with Crippen LogP contribution in [0.25, 0.3) is 10.7 Å². The zero-order chi connectivity index (χ0) is 21.4. The van der Waals surface area contributed by atoms with Gasteiger partial charge >= 0.3 is 0 Å². The minimum absolute atomic E-state index is 0. The van der Waals surface area contributed by atoms with Crippen LogP contribution in [-0.2, 0) is 22.1 Å². The quantitative estimate of drug-likeness (QED) is 0.133. The molecule has 0 unspecified atom stereocenters. The maximum Gasteiger partial charge on any atom is 0.270 e. The number of halogens is 1. The summed E-state index contributed by atoms with van der Waals surface area (Å²) in [6, 6.07) is -0.937. The molecule has 8 nitrogen and oxygen atoms in total. The summed E-state index contributed by atoms with van der Waals surface area (Å²) in [5, 5.41) is 20.1. The Morgan fingerprint density at radius 2 is 1.93 bits per heavy atom. The lowest BCUT2D eigenvalue weighted by atomic mass is 10.2. The number of rotatable bonds is 11. The van der Waals surface area contributed by atoms with E-state index in [0.717, 1.165) is 22.9 Å². The van der Waals surface area contributed by atoms with Gasteiger partial charge in [0.2, 0.25) is 5.91 Å². The Morgan fingerprint density at radius 3 is 2.60 bits per heavy atom. The number of aromatic nitrogens is 2. The number of carbonyl (C=O) groups is 2. The number of nitrogens with one attached hydrogen (secondary N) is 2. The second-order valence-corrected chi connectivity index (χ2v) is 11.0. The Bertz CT molecular complexity index is 813.